The molecular weight excluding hydrogens is 462 g/mol. The minimum absolute atomic E-state index is 0.182. The average molecular weight is 494 g/mol. The molecule has 0 unspecified atom stereocenters. The molecule has 0 radical (unpaired) electrons. The molecule has 2 aromatic heterocycles. The number of hydrogen-bond donors (Lipinski definition) is 3. The van der Waals surface area contributed by atoms with Crippen molar-refractivity contribution in [3.8, 4) is 11.3 Å². The summed E-state index contributed by atoms with van der Waals surface area (Å²) >= 11 is 0. The SMILES string of the molecule is CC=CC(=O)Nc1ccnc(-c2cccc3cnc(Nc4ccc(NC5CCN(C)CC5)cc4)nc23)c1. The summed E-state index contributed by atoms with van der Waals surface area (Å²) in [5, 5.41) is 10.7. The van der Waals surface area contributed by atoms with E-state index < -0.39 is 0 Å². The van der Waals surface area contributed by atoms with E-state index in [1.807, 2.05) is 42.6 Å². The number of fused-ring (bicyclic) bond motifs is 1. The summed E-state index contributed by atoms with van der Waals surface area (Å²) in [5.74, 6) is 0.326. The lowest BCUT2D eigenvalue weighted by atomic mass is 10.1. The van der Waals surface area contributed by atoms with Gasteiger partial charge < -0.3 is 20.9 Å². The van der Waals surface area contributed by atoms with Gasteiger partial charge in [0, 0.05) is 46.4 Å². The summed E-state index contributed by atoms with van der Waals surface area (Å²) in [6.07, 6.45) is 8.99. The van der Waals surface area contributed by atoms with Gasteiger partial charge in [-0.1, -0.05) is 24.3 Å². The van der Waals surface area contributed by atoms with E-state index in [0.717, 1.165) is 59.5 Å². The molecule has 0 saturated carbocycles. The van der Waals surface area contributed by atoms with E-state index in [4.69, 9.17) is 4.98 Å². The Hall–Kier alpha value is -4.30. The maximum atomic E-state index is 12.0. The summed E-state index contributed by atoms with van der Waals surface area (Å²) in [4.78, 5) is 28.2. The highest BCUT2D eigenvalue weighted by atomic mass is 16.1. The minimum Gasteiger partial charge on any atom is -0.382 e. The molecule has 1 aliphatic rings. The molecule has 2 aromatic carbocycles. The molecule has 1 amide bonds. The van der Waals surface area contributed by atoms with Crippen LogP contribution in [0.15, 0.2) is 79.1 Å². The maximum absolute atomic E-state index is 12.0. The second kappa shape index (κ2) is 11.2. The van der Waals surface area contributed by atoms with Gasteiger partial charge in [0.15, 0.2) is 0 Å². The van der Waals surface area contributed by atoms with E-state index in [1.165, 1.54) is 6.08 Å². The topological polar surface area (TPSA) is 95.1 Å². The van der Waals surface area contributed by atoms with Crippen LogP contribution in [0.2, 0.25) is 0 Å². The third-order valence-corrected chi connectivity index (χ3v) is 6.46. The number of likely N-dealkylation sites (tertiary alicyclic amines) is 1. The number of hydrogen-bond acceptors (Lipinski definition) is 7. The molecule has 188 valence electrons. The first-order valence-electron chi connectivity index (χ1n) is 12.6. The first-order chi connectivity index (χ1) is 18.1. The minimum atomic E-state index is -0.182. The average Bonchev–Trinajstić information content (AvgIpc) is 2.91. The van der Waals surface area contributed by atoms with Gasteiger partial charge in [0.1, 0.15) is 0 Å². The van der Waals surface area contributed by atoms with E-state index in [2.05, 4.69) is 50.0 Å². The van der Waals surface area contributed by atoms with Crippen LogP contribution in [0.3, 0.4) is 0 Å². The van der Waals surface area contributed by atoms with Crippen LogP contribution in [-0.2, 0) is 4.79 Å². The number of nitrogens with one attached hydrogen (secondary N) is 3. The number of pyridine rings is 1. The first kappa shape index (κ1) is 24.4. The fourth-order valence-corrected chi connectivity index (χ4v) is 4.48. The molecular formula is C29H31N7O. The highest BCUT2D eigenvalue weighted by Gasteiger charge is 2.16. The summed E-state index contributed by atoms with van der Waals surface area (Å²) in [7, 11) is 2.17. The van der Waals surface area contributed by atoms with Gasteiger partial charge >= 0.3 is 0 Å². The zero-order chi connectivity index (χ0) is 25.6. The molecule has 4 aromatic rings. The van der Waals surface area contributed by atoms with Crippen molar-refractivity contribution in [2.24, 2.45) is 0 Å². The van der Waals surface area contributed by atoms with Crippen molar-refractivity contribution < 1.29 is 4.79 Å². The first-order valence-corrected chi connectivity index (χ1v) is 12.6. The van der Waals surface area contributed by atoms with Crippen molar-refractivity contribution in [1.29, 1.82) is 0 Å². The second-order valence-corrected chi connectivity index (χ2v) is 9.28. The quantitative estimate of drug-likeness (QED) is 0.294. The van der Waals surface area contributed by atoms with Crippen molar-refractivity contribution in [3.05, 3.63) is 79.1 Å². The summed E-state index contributed by atoms with van der Waals surface area (Å²) in [6, 6.07) is 18.3. The van der Waals surface area contributed by atoms with Gasteiger partial charge in [-0.25, -0.2) is 9.97 Å². The van der Waals surface area contributed by atoms with Crippen molar-refractivity contribution in [2.45, 2.75) is 25.8 Å². The predicted molar refractivity (Wildman–Crippen MR) is 150 cm³/mol. The normalized spacial score (nSPS) is 14.6. The van der Waals surface area contributed by atoms with Crippen molar-refractivity contribution >= 4 is 39.8 Å². The van der Waals surface area contributed by atoms with Crippen LogP contribution in [0, 0.1) is 0 Å². The number of rotatable bonds is 7. The Kier molecular flexibility index (Phi) is 7.37. The molecule has 1 fully saturated rings. The number of aromatic nitrogens is 3. The van der Waals surface area contributed by atoms with Gasteiger partial charge in [-0.3, -0.25) is 9.78 Å². The molecule has 0 atom stereocenters. The van der Waals surface area contributed by atoms with Crippen LogP contribution in [0.4, 0.5) is 23.0 Å². The van der Waals surface area contributed by atoms with E-state index in [1.54, 1.807) is 25.3 Å². The molecule has 8 heteroatoms. The number of para-hydroxylation sites is 1. The van der Waals surface area contributed by atoms with Crippen LogP contribution < -0.4 is 16.0 Å². The van der Waals surface area contributed by atoms with Crippen LogP contribution in [-0.4, -0.2) is 51.9 Å². The monoisotopic (exact) mass is 493 g/mol. The number of anilines is 4. The highest BCUT2D eigenvalue weighted by molar-refractivity contribution is 6.00. The van der Waals surface area contributed by atoms with Gasteiger partial charge in [0.2, 0.25) is 11.9 Å². The summed E-state index contributed by atoms with van der Waals surface area (Å²) in [5.41, 5.74) is 5.07. The molecule has 1 aliphatic heterocycles. The van der Waals surface area contributed by atoms with E-state index in [0.29, 0.717) is 17.7 Å². The standard InChI is InChI=1S/C29H31N7O/c1-3-5-27(37)33-24-12-15-30-26(18-24)25-7-4-6-20-19-31-29(35-28(20)25)34-22-10-8-21(9-11-22)32-23-13-16-36(2)17-14-23/h3-12,15,18-19,23,32H,13-14,16-17H2,1-2H3,(H,30,33,37)(H,31,34,35). The maximum Gasteiger partial charge on any atom is 0.248 e. The fraction of sp³-hybridized carbons (Fsp3) is 0.241. The number of carbonyl (C=O) groups is 1. The molecule has 8 nitrogen and oxygen atoms in total. The molecule has 1 saturated heterocycles. The number of allylic oxidation sites excluding steroid dienone is 1. The number of nitrogens with zero attached hydrogens (tertiary/aromatic N) is 4. The molecule has 0 spiro atoms. The Morgan fingerprint density at radius 3 is 2.57 bits per heavy atom. The van der Waals surface area contributed by atoms with Gasteiger partial charge in [-0.15, -0.1) is 0 Å². The third kappa shape index (κ3) is 6.10. The van der Waals surface area contributed by atoms with Gasteiger partial charge in [0.05, 0.1) is 11.2 Å². The molecule has 0 bridgehead atoms. The Balaban J connectivity index is 1.34. The predicted octanol–water partition coefficient (Wildman–Crippen LogP) is 5.46. The highest BCUT2D eigenvalue weighted by Crippen LogP contribution is 2.28. The van der Waals surface area contributed by atoms with E-state index in [9.17, 15) is 4.79 Å². The number of amides is 1. The lowest BCUT2D eigenvalue weighted by molar-refractivity contribution is -0.111. The van der Waals surface area contributed by atoms with E-state index >= 15 is 0 Å². The van der Waals surface area contributed by atoms with Crippen molar-refractivity contribution in [3.63, 3.8) is 0 Å². The Morgan fingerprint density at radius 1 is 1.00 bits per heavy atom. The molecule has 37 heavy (non-hydrogen) atoms. The lowest BCUT2D eigenvalue weighted by Gasteiger charge is -2.30. The third-order valence-electron chi connectivity index (χ3n) is 6.46. The smallest absolute Gasteiger partial charge is 0.248 e. The molecule has 0 aliphatic carbocycles. The molecule has 3 heterocycles. The lowest BCUT2D eigenvalue weighted by Crippen LogP contribution is -2.36. The van der Waals surface area contributed by atoms with Crippen LogP contribution in [0.25, 0.3) is 22.2 Å². The van der Waals surface area contributed by atoms with Gasteiger partial charge in [-0.05, 0) is 82.4 Å². The Labute approximate surface area is 216 Å². The van der Waals surface area contributed by atoms with Crippen LogP contribution in [0.1, 0.15) is 19.8 Å². The molecule has 5 rings (SSSR count). The summed E-state index contributed by atoms with van der Waals surface area (Å²) in [6.45, 7) is 4.06. The van der Waals surface area contributed by atoms with Crippen LogP contribution in [0.5, 0.6) is 0 Å². The van der Waals surface area contributed by atoms with E-state index in [-0.39, 0.29) is 5.91 Å². The van der Waals surface area contributed by atoms with Crippen LogP contribution >= 0.6 is 0 Å². The Bertz CT molecular complexity index is 1410. The number of carbonyl (C=O) groups excluding carboxylic acids is 1. The number of piperidine rings is 1. The molecule has 3 N–H and O–H groups in total. The Morgan fingerprint density at radius 2 is 1.78 bits per heavy atom. The summed E-state index contributed by atoms with van der Waals surface area (Å²) < 4.78 is 0. The fourth-order valence-electron chi connectivity index (χ4n) is 4.48. The van der Waals surface area contributed by atoms with Gasteiger partial charge in [-0.2, -0.15) is 0 Å². The van der Waals surface area contributed by atoms with Crippen molar-refractivity contribution in [1.82, 2.24) is 19.9 Å². The second-order valence-electron chi connectivity index (χ2n) is 9.28. The number of benzene rings is 2. The largest absolute Gasteiger partial charge is 0.382 e. The van der Waals surface area contributed by atoms with Crippen molar-refractivity contribution in [2.75, 3.05) is 36.1 Å². The zero-order valence-corrected chi connectivity index (χ0v) is 21.1. The zero-order valence-electron chi connectivity index (χ0n) is 21.1. The van der Waals surface area contributed by atoms with Gasteiger partial charge in [0.25, 0.3) is 0 Å².